The molecule has 94 valence electrons. The summed E-state index contributed by atoms with van der Waals surface area (Å²) < 4.78 is 5.39. The van der Waals surface area contributed by atoms with Gasteiger partial charge in [0.15, 0.2) is 5.82 Å². The fourth-order valence-corrected chi connectivity index (χ4v) is 2.73. The number of hydrogen-bond donors (Lipinski definition) is 2. The highest BCUT2D eigenvalue weighted by Gasteiger charge is 2.23. The standard InChI is InChI=1S/C12H20N4O/c1-3-9(8-13-5-1)12-15-11(16-17-12)7-10-4-2-6-14-10/h9-10,13-14H,1-8H2. The molecular weight excluding hydrogens is 216 g/mol. The second-order valence-electron chi connectivity index (χ2n) is 5.09. The Morgan fingerprint density at radius 1 is 1.24 bits per heavy atom. The Morgan fingerprint density at radius 2 is 2.18 bits per heavy atom. The van der Waals surface area contributed by atoms with Crippen LogP contribution >= 0.6 is 0 Å². The maximum absolute atomic E-state index is 5.39. The van der Waals surface area contributed by atoms with Crippen molar-refractivity contribution in [2.75, 3.05) is 19.6 Å². The SMILES string of the molecule is C1CNC(Cc2noc(C3CCCNC3)n2)C1. The lowest BCUT2D eigenvalue weighted by atomic mass is 10.00. The van der Waals surface area contributed by atoms with E-state index in [4.69, 9.17) is 4.52 Å². The van der Waals surface area contributed by atoms with Crippen LogP contribution < -0.4 is 10.6 Å². The van der Waals surface area contributed by atoms with Crippen LogP contribution in [0.3, 0.4) is 0 Å². The number of piperidine rings is 1. The highest BCUT2D eigenvalue weighted by Crippen LogP contribution is 2.21. The smallest absolute Gasteiger partial charge is 0.231 e. The van der Waals surface area contributed by atoms with E-state index in [0.29, 0.717) is 12.0 Å². The van der Waals surface area contributed by atoms with Crippen molar-refractivity contribution in [2.24, 2.45) is 0 Å². The first-order valence-corrected chi connectivity index (χ1v) is 6.68. The summed E-state index contributed by atoms with van der Waals surface area (Å²) in [5.74, 6) is 2.11. The summed E-state index contributed by atoms with van der Waals surface area (Å²) >= 11 is 0. The summed E-state index contributed by atoms with van der Waals surface area (Å²) in [4.78, 5) is 4.54. The normalized spacial score (nSPS) is 29.6. The van der Waals surface area contributed by atoms with E-state index in [2.05, 4.69) is 20.8 Å². The third-order valence-corrected chi connectivity index (χ3v) is 3.72. The molecule has 1 aromatic heterocycles. The van der Waals surface area contributed by atoms with Gasteiger partial charge in [0.2, 0.25) is 5.89 Å². The lowest BCUT2D eigenvalue weighted by Crippen LogP contribution is -2.28. The molecule has 0 bridgehead atoms. The van der Waals surface area contributed by atoms with Gasteiger partial charge in [-0.05, 0) is 38.8 Å². The molecule has 5 nitrogen and oxygen atoms in total. The molecule has 2 saturated heterocycles. The molecule has 0 amide bonds. The average molecular weight is 236 g/mol. The van der Waals surface area contributed by atoms with Crippen LogP contribution in [0.5, 0.6) is 0 Å². The molecule has 2 N–H and O–H groups in total. The molecule has 5 heteroatoms. The summed E-state index contributed by atoms with van der Waals surface area (Å²) in [6.45, 7) is 3.22. The Labute approximate surface area is 101 Å². The molecule has 2 fully saturated rings. The summed E-state index contributed by atoms with van der Waals surface area (Å²) in [7, 11) is 0. The lowest BCUT2D eigenvalue weighted by Gasteiger charge is -2.18. The second kappa shape index (κ2) is 5.14. The lowest BCUT2D eigenvalue weighted by molar-refractivity contribution is 0.319. The van der Waals surface area contributed by atoms with Gasteiger partial charge in [0, 0.05) is 19.0 Å². The zero-order valence-corrected chi connectivity index (χ0v) is 10.1. The average Bonchev–Trinajstić information content (AvgIpc) is 3.02. The zero-order valence-electron chi connectivity index (χ0n) is 10.1. The Hall–Kier alpha value is -0.940. The van der Waals surface area contributed by atoms with Crippen molar-refractivity contribution < 1.29 is 4.52 Å². The van der Waals surface area contributed by atoms with Crippen LogP contribution in [0.25, 0.3) is 0 Å². The van der Waals surface area contributed by atoms with Crippen molar-refractivity contribution in [1.29, 1.82) is 0 Å². The van der Waals surface area contributed by atoms with Gasteiger partial charge in [0.25, 0.3) is 0 Å². The summed E-state index contributed by atoms with van der Waals surface area (Å²) in [5.41, 5.74) is 0. The van der Waals surface area contributed by atoms with E-state index in [-0.39, 0.29) is 0 Å². The Kier molecular flexibility index (Phi) is 3.38. The van der Waals surface area contributed by atoms with Crippen LogP contribution in [0.4, 0.5) is 0 Å². The van der Waals surface area contributed by atoms with Crippen LogP contribution in [-0.2, 0) is 6.42 Å². The number of hydrogen-bond acceptors (Lipinski definition) is 5. The van der Waals surface area contributed by atoms with E-state index >= 15 is 0 Å². The third-order valence-electron chi connectivity index (χ3n) is 3.72. The Bertz CT molecular complexity index is 353. The molecule has 0 aliphatic carbocycles. The Balaban J connectivity index is 1.60. The van der Waals surface area contributed by atoms with Crippen LogP contribution in [0, 0.1) is 0 Å². The van der Waals surface area contributed by atoms with Crippen molar-refractivity contribution in [3.05, 3.63) is 11.7 Å². The molecule has 2 aliphatic rings. The topological polar surface area (TPSA) is 63.0 Å². The molecule has 0 saturated carbocycles. The predicted molar refractivity (Wildman–Crippen MR) is 63.9 cm³/mol. The first-order chi connectivity index (χ1) is 8.42. The highest BCUT2D eigenvalue weighted by atomic mass is 16.5. The number of aromatic nitrogens is 2. The maximum Gasteiger partial charge on any atom is 0.231 e. The second-order valence-corrected chi connectivity index (χ2v) is 5.09. The van der Waals surface area contributed by atoms with Gasteiger partial charge in [0.1, 0.15) is 0 Å². The van der Waals surface area contributed by atoms with Gasteiger partial charge in [-0.3, -0.25) is 0 Å². The molecule has 1 aromatic rings. The molecule has 3 heterocycles. The molecule has 2 unspecified atom stereocenters. The molecular formula is C12H20N4O. The summed E-state index contributed by atoms with van der Waals surface area (Å²) in [6, 6.07) is 0.546. The van der Waals surface area contributed by atoms with Crippen molar-refractivity contribution in [3.63, 3.8) is 0 Å². The third kappa shape index (κ3) is 2.66. The minimum absolute atomic E-state index is 0.418. The number of nitrogens with one attached hydrogen (secondary N) is 2. The largest absolute Gasteiger partial charge is 0.339 e. The van der Waals surface area contributed by atoms with E-state index in [1.165, 1.54) is 19.3 Å². The fourth-order valence-electron chi connectivity index (χ4n) is 2.73. The van der Waals surface area contributed by atoms with Gasteiger partial charge in [-0.15, -0.1) is 0 Å². The first kappa shape index (κ1) is 11.2. The number of rotatable bonds is 3. The highest BCUT2D eigenvalue weighted by molar-refractivity contribution is 4.98. The summed E-state index contributed by atoms with van der Waals surface area (Å²) in [5, 5.41) is 10.9. The Morgan fingerprint density at radius 3 is 2.94 bits per heavy atom. The monoisotopic (exact) mass is 236 g/mol. The molecule has 0 spiro atoms. The van der Waals surface area contributed by atoms with Gasteiger partial charge in [0.05, 0.1) is 5.92 Å². The molecule has 3 rings (SSSR count). The van der Waals surface area contributed by atoms with Gasteiger partial charge in [-0.2, -0.15) is 4.98 Å². The van der Waals surface area contributed by atoms with Crippen LogP contribution in [0.2, 0.25) is 0 Å². The van der Waals surface area contributed by atoms with Crippen LogP contribution in [0.1, 0.15) is 43.3 Å². The van der Waals surface area contributed by atoms with Gasteiger partial charge in [-0.25, -0.2) is 0 Å². The van der Waals surface area contributed by atoms with Crippen LogP contribution in [0.15, 0.2) is 4.52 Å². The van der Waals surface area contributed by atoms with E-state index in [9.17, 15) is 0 Å². The number of nitrogens with zero attached hydrogens (tertiary/aromatic N) is 2. The first-order valence-electron chi connectivity index (χ1n) is 6.68. The minimum Gasteiger partial charge on any atom is -0.339 e. The van der Waals surface area contributed by atoms with Gasteiger partial charge in [-0.1, -0.05) is 5.16 Å². The molecule has 0 aromatic carbocycles. The quantitative estimate of drug-likeness (QED) is 0.814. The summed E-state index contributed by atoms with van der Waals surface area (Å²) in [6.07, 6.45) is 5.77. The van der Waals surface area contributed by atoms with Gasteiger partial charge < -0.3 is 15.2 Å². The van der Waals surface area contributed by atoms with Crippen LogP contribution in [-0.4, -0.2) is 35.8 Å². The minimum atomic E-state index is 0.418. The molecule has 2 atom stereocenters. The van der Waals surface area contributed by atoms with E-state index in [0.717, 1.165) is 44.2 Å². The van der Waals surface area contributed by atoms with E-state index < -0.39 is 0 Å². The zero-order chi connectivity index (χ0) is 11.5. The predicted octanol–water partition coefficient (Wildman–Crippen LogP) is 0.831. The molecule has 17 heavy (non-hydrogen) atoms. The fraction of sp³-hybridized carbons (Fsp3) is 0.833. The molecule has 0 radical (unpaired) electrons. The van der Waals surface area contributed by atoms with Crippen molar-refractivity contribution in [2.45, 2.75) is 44.1 Å². The van der Waals surface area contributed by atoms with Gasteiger partial charge >= 0.3 is 0 Å². The van der Waals surface area contributed by atoms with Crippen molar-refractivity contribution >= 4 is 0 Å². The van der Waals surface area contributed by atoms with E-state index in [1.54, 1.807) is 0 Å². The molecule has 2 aliphatic heterocycles. The van der Waals surface area contributed by atoms with E-state index in [1.807, 2.05) is 0 Å². The van der Waals surface area contributed by atoms with Crippen molar-refractivity contribution in [1.82, 2.24) is 20.8 Å². The van der Waals surface area contributed by atoms with Crippen molar-refractivity contribution in [3.8, 4) is 0 Å². The maximum atomic E-state index is 5.39.